The maximum absolute atomic E-state index is 10.5. The minimum absolute atomic E-state index is 0.627. The minimum atomic E-state index is -0.627. The van der Waals surface area contributed by atoms with Gasteiger partial charge in [-0.3, -0.25) is 0 Å². The van der Waals surface area contributed by atoms with Gasteiger partial charge in [0.1, 0.15) is 11.9 Å². The van der Waals surface area contributed by atoms with E-state index in [1.807, 2.05) is 49.4 Å². The Hall–Kier alpha value is -1.91. The van der Waals surface area contributed by atoms with Gasteiger partial charge >= 0.3 is 0 Å². The van der Waals surface area contributed by atoms with E-state index >= 15 is 0 Å². The lowest BCUT2D eigenvalue weighted by Crippen LogP contribution is -2.36. The number of pyridine rings is 1. The van der Waals surface area contributed by atoms with Crippen LogP contribution >= 0.6 is 0 Å². The van der Waals surface area contributed by atoms with Crippen LogP contribution in [0, 0.1) is 6.92 Å². The van der Waals surface area contributed by atoms with Gasteiger partial charge in [-0.2, -0.15) is 0 Å². The van der Waals surface area contributed by atoms with E-state index in [1.54, 1.807) is 0 Å². The van der Waals surface area contributed by atoms with E-state index in [2.05, 4.69) is 9.88 Å². The Morgan fingerprint density at radius 3 is 2.48 bits per heavy atom. The van der Waals surface area contributed by atoms with Crippen molar-refractivity contribution >= 4 is 5.82 Å². The smallest absolute Gasteiger partial charge is 0.128 e. The number of aliphatic hydroxyl groups excluding tert-OH is 1. The van der Waals surface area contributed by atoms with Crippen molar-refractivity contribution in [2.45, 2.75) is 13.0 Å². The Bertz CT molecular complexity index is 595. The molecule has 3 rings (SSSR count). The SMILES string of the molecule is Cc1nc(N2CCOCC2)ccc1[C@@H](O)c1ccccc1. The van der Waals surface area contributed by atoms with Crippen molar-refractivity contribution in [2.24, 2.45) is 0 Å². The molecule has 1 atom stereocenters. The number of benzene rings is 1. The zero-order valence-corrected chi connectivity index (χ0v) is 12.2. The first kappa shape index (κ1) is 14.0. The standard InChI is InChI=1S/C17H20N2O2/c1-13-15(17(20)14-5-3-2-4-6-14)7-8-16(18-13)19-9-11-21-12-10-19/h2-8,17,20H,9-12H2,1H3/t17-/m0/s1. The summed E-state index contributed by atoms with van der Waals surface area (Å²) in [6.45, 7) is 5.18. The van der Waals surface area contributed by atoms with Gasteiger partial charge in [0, 0.05) is 24.3 Å². The Morgan fingerprint density at radius 1 is 1.10 bits per heavy atom. The van der Waals surface area contributed by atoms with Gasteiger partial charge in [0.05, 0.1) is 13.2 Å². The van der Waals surface area contributed by atoms with E-state index in [9.17, 15) is 5.11 Å². The first-order chi connectivity index (χ1) is 10.3. The predicted molar refractivity (Wildman–Crippen MR) is 82.5 cm³/mol. The van der Waals surface area contributed by atoms with Crippen LogP contribution in [0.1, 0.15) is 22.9 Å². The van der Waals surface area contributed by atoms with Crippen molar-refractivity contribution in [2.75, 3.05) is 31.2 Å². The van der Waals surface area contributed by atoms with Gasteiger partial charge in [0.25, 0.3) is 0 Å². The lowest BCUT2D eigenvalue weighted by Gasteiger charge is -2.28. The third-order valence-electron chi connectivity index (χ3n) is 3.86. The van der Waals surface area contributed by atoms with Crippen molar-refractivity contribution in [3.8, 4) is 0 Å². The molecule has 2 aromatic rings. The fourth-order valence-electron chi connectivity index (χ4n) is 2.63. The molecule has 4 nitrogen and oxygen atoms in total. The lowest BCUT2D eigenvalue weighted by molar-refractivity contribution is 0.122. The molecule has 1 aliphatic heterocycles. The molecule has 0 spiro atoms. The third-order valence-corrected chi connectivity index (χ3v) is 3.86. The quantitative estimate of drug-likeness (QED) is 0.939. The van der Waals surface area contributed by atoms with Crippen LogP contribution in [0.5, 0.6) is 0 Å². The Labute approximate surface area is 125 Å². The molecule has 0 amide bonds. The van der Waals surface area contributed by atoms with E-state index in [-0.39, 0.29) is 0 Å². The Morgan fingerprint density at radius 2 is 1.81 bits per heavy atom. The van der Waals surface area contributed by atoms with Crippen molar-refractivity contribution in [1.82, 2.24) is 4.98 Å². The van der Waals surface area contributed by atoms with E-state index in [0.29, 0.717) is 0 Å². The van der Waals surface area contributed by atoms with Crippen LogP contribution in [-0.2, 0) is 4.74 Å². The number of ether oxygens (including phenoxy) is 1. The van der Waals surface area contributed by atoms with Crippen molar-refractivity contribution in [3.63, 3.8) is 0 Å². The van der Waals surface area contributed by atoms with Gasteiger partial charge < -0.3 is 14.7 Å². The number of anilines is 1. The van der Waals surface area contributed by atoms with Gasteiger partial charge in [-0.05, 0) is 18.6 Å². The second-order valence-electron chi connectivity index (χ2n) is 5.26. The summed E-state index contributed by atoms with van der Waals surface area (Å²) in [5.41, 5.74) is 2.62. The molecule has 21 heavy (non-hydrogen) atoms. The van der Waals surface area contributed by atoms with Gasteiger partial charge in [-0.25, -0.2) is 4.98 Å². The number of morpholine rings is 1. The predicted octanol–water partition coefficient (Wildman–Crippen LogP) is 2.31. The number of hydrogen-bond donors (Lipinski definition) is 1. The molecule has 1 aromatic carbocycles. The molecule has 1 fully saturated rings. The van der Waals surface area contributed by atoms with Crippen LogP contribution in [0.25, 0.3) is 0 Å². The van der Waals surface area contributed by atoms with Crippen LogP contribution in [0.3, 0.4) is 0 Å². The summed E-state index contributed by atoms with van der Waals surface area (Å²) in [5, 5.41) is 10.5. The monoisotopic (exact) mass is 284 g/mol. The van der Waals surface area contributed by atoms with Gasteiger partial charge in [-0.15, -0.1) is 0 Å². The molecule has 0 radical (unpaired) electrons. The van der Waals surface area contributed by atoms with Crippen molar-refractivity contribution in [3.05, 3.63) is 59.3 Å². The molecule has 1 saturated heterocycles. The average molecular weight is 284 g/mol. The molecular formula is C17H20N2O2. The molecule has 0 unspecified atom stereocenters. The number of aryl methyl sites for hydroxylation is 1. The van der Waals surface area contributed by atoms with Gasteiger partial charge in [-0.1, -0.05) is 36.4 Å². The highest BCUT2D eigenvalue weighted by Gasteiger charge is 2.17. The van der Waals surface area contributed by atoms with Crippen LogP contribution in [0.15, 0.2) is 42.5 Å². The highest BCUT2D eigenvalue weighted by Crippen LogP contribution is 2.25. The fraction of sp³-hybridized carbons (Fsp3) is 0.353. The molecular weight excluding hydrogens is 264 g/mol. The third kappa shape index (κ3) is 3.06. The average Bonchev–Trinajstić information content (AvgIpc) is 2.56. The zero-order valence-electron chi connectivity index (χ0n) is 12.2. The molecule has 0 saturated carbocycles. The fourth-order valence-corrected chi connectivity index (χ4v) is 2.63. The molecule has 1 N–H and O–H groups in total. The Balaban J connectivity index is 1.84. The van der Waals surface area contributed by atoms with Crippen molar-refractivity contribution < 1.29 is 9.84 Å². The lowest BCUT2D eigenvalue weighted by atomic mass is 10.0. The van der Waals surface area contributed by atoms with Crippen LogP contribution in [0.4, 0.5) is 5.82 Å². The van der Waals surface area contributed by atoms with Crippen LogP contribution in [0.2, 0.25) is 0 Å². The Kier molecular flexibility index (Phi) is 4.18. The number of nitrogens with zero attached hydrogens (tertiary/aromatic N) is 2. The summed E-state index contributed by atoms with van der Waals surface area (Å²) < 4.78 is 5.36. The van der Waals surface area contributed by atoms with Gasteiger partial charge in [0.15, 0.2) is 0 Å². The highest BCUT2D eigenvalue weighted by molar-refractivity contribution is 5.44. The minimum Gasteiger partial charge on any atom is -0.384 e. The molecule has 0 aliphatic carbocycles. The summed E-state index contributed by atoms with van der Waals surface area (Å²) >= 11 is 0. The first-order valence-corrected chi connectivity index (χ1v) is 7.29. The van der Waals surface area contributed by atoms with Gasteiger partial charge in [0.2, 0.25) is 0 Å². The van der Waals surface area contributed by atoms with E-state index < -0.39 is 6.10 Å². The molecule has 2 heterocycles. The second-order valence-corrected chi connectivity index (χ2v) is 5.26. The molecule has 1 aromatic heterocycles. The summed E-state index contributed by atoms with van der Waals surface area (Å²) in [6, 6.07) is 13.6. The van der Waals surface area contributed by atoms with Crippen LogP contribution in [-0.4, -0.2) is 36.4 Å². The summed E-state index contributed by atoms with van der Waals surface area (Å²) in [5.74, 6) is 0.958. The van der Waals surface area contributed by atoms with Crippen molar-refractivity contribution in [1.29, 1.82) is 0 Å². The second kappa shape index (κ2) is 6.24. The van der Waals surface area contributed by atoms with E-state index in [1.165, 1.54) is 0 Å². The number of hydrogen-bond acceptors (Lipinski definition) is 4. The van der Waals surface area contributed by atoms with E-state index in [4.69, 9.17) is 4.74 Å². The maximum atomic E-state index is 10.5. The maximum Gasteiger partial charge on any atom is 0.128 e. The topological polar surface area (TPSA) is 45.6 Å². The largest absolute Gasteiger partial charge is 0.384 e. The number of aromatic nitrogens is 1. The summed E-state index contributed by atoms with van der Waals surface area (Å²) in [7, 11) is 0. The molecule has 4 heteroatoms. The van der Waals surface area contributed by atoms with E-state index in [0.717, 1.165) is 48.9 Å². The molecule has 1 aliphatic rings. The highest BCUT2D eigenvalue weighted by atomic mass is 16.5. The summed E-state index contributed by atoms with van der Waals surface area (Å²) in [4.78, 5) is 6.87. The summed E-state index contributed by atoms with van der Waals surface area (Å²) in [6.07, 6.45) is -0.627. The number of rotatable bonds is 3. The molecule has 0 bridgehead atoms. The zero-order chi connectivity index (χ0) is 14.7. The normalized spacial score (nSPS) is 16.8. The molecule has 110 valence electrons. The van der Waals surface area contributed by atoms with Crippen LogP contribution < -0.4 is 4.90 Å². The first-order valence-electron chi connectivity index (χ1n) is 7.29. The number of aliphatic hydroxyl groups is 1.